The summed E-state index contributed by atoms with van der Waals surface area (Å²) >= 11 is 0. The van der Waals surface area contributed by atoms with Crippen molar-refractivity contribution in [3.8, 4) is 5.75 Å². The van der Waals surface area contributed by atoms with Crippen LogP contribution in [0.2, 0.25) is 0 Å². The lowest BCUT2D eigenvalue weighted by Crippen LogP contribution is -2.56. The molecule has 9 heteroatoms. The number of likely N-dealkylation sites (tertiary alicyclic amines) is 1. The summed E-state index contributed by atoms with van der Waals surface area (Å²) in [4.78, 5) is 40.2. The molecule has 1 fully saturated rings. The number of benzene rings is 2. The van der Waals surface area contributed by atoms with Crippen molar-refractivity contribution in [3.05, 3.63) is 65.2 Å². The van der Waals surface area contributed by atoms with E-state index >= 15 is 0 Å². The van der Waals surface area contributed by atoms with E-state index in [1.165, 1.54) is 17.0 Å². The number of hydrogen-bond donors (Lipinski definition) is 5. The number of amides is 3. The summed E-state index contributed by atoms with van der Waals surface area (Å²) in [6.07, 6.45) is -1.60. The lowest BCUT2D eigenvalue weighted by atomic mass is 9.98. The van der Waals surface area contributed by atoms with Gasteiger partial charge in [0.2, 0.25) is 5.91 Å². The maximum atomic E-state index is 13.3. The average molecular weight is 484 g/mol. The molecule has 4 unspecified atom stereocenters. The lowest BCUT2D eigenvalue weighted by molar-refractivity contribution is -0.146. The van der Waals surface area contributed by atoms with Crippen LogP contribution < -0.4 is 10.6 Å². The van der Waals surface area contributed by atoms with Crippen molar-refractivity contribution in [2.45, 2.75) is 57.4 Å². The Bertz CT molecular complexity index is 1040. The zero-order valence-corrected chi connectivity index (χ0v) is 20.0. The zero-order chi connectivity index (χ0) is 25.5. The molecule has 0 saturated carbocycles. The maximum absolute atomic E-state index is 13.3. The average Bonchev–Trinajstić information content (AvgIpc) is 3.25. The van der Waals surface area contributed by atoms with Crippen molar-refractivity contribution in [1.29, 1.82) is 0 Å². The van der Waals surface area contributed by atoms with Gasteiger partial charge in [0.15, 0.2) is 6.10 Å². The summed E-state index contributed by atoms with van der Waals surface area (Å²) in [5.74, 6) is -1.72. The second-order valence-corrected chi connectivity index (χ2v) is 8.85. The molecule has 3 rings (SSSR count). The number of carbonyl (C=O) groups is 3. The Morgan fingerprint density at radius 2 is 1.83 bits per heavy atom. The molecule has 2 aromatic rings. The normalized spacial score (nSPS) is 19.1. The minimum Gasteiger partial charge on any atom is -0.508 e. The molecule has 0 aliphatic carbocycles. The number of phenolic OH excluding ortho intramolecular Hbond substituents is 1. The highest BCUT2D eigenvalue weighted by Crippen LogP contribution is 2.22. The van der Waals surface area contributed by atoms with Gasteiger partial charge in [-0.25, -0.2) is 0 Å². The monoisotopic (exact) mass is 483 g/mol. The summed E-state index contributed by atoms with van der Waals surface area (Å²) in [5, 5.41) is 36.7. The molecule has 188 valence electrons. The van der Waals surface area contributed by atoms with Gasteiger partial charge in [0.25, 0.3) is 11.8 Å². The number of rotatable bonds is 9. The molecule has 3 amide bonds. The van der Waals surface area contributed by atoms with E-state index in [1.54, 1.807) is 13.0 Å². The van der Waals surface area contributed by atoms with Crippen molar-refractivity contribution in [2.24, 2.45) is 0 Å². The fourth-order valence-electron chi connectivity index (χ4n) is 4.24. The molecule has 9 nitrogen and oxygen atoms in total. The molecule has 1 aliphatic heterocycles. The molecule has 35 heavy (non-hydrogen) atoms. The summed E-state index contributed by atoms with van der Waals surface area (Å²) in [5.41, 5.74) is 1.38. The smallest absolute Gasteiger partial charge is 0.254 e. The van der Waals surface area contributed by atoms with Crippen LogP contribution in [0.1, 0.15) is 41.3 Å². The molecule has 1 saturated heterocycles. The minimum atomic E-state index is -1.66. The van der Waals surface area contributed by atoms with Crippen molar-refractivity contribution in [2.75, 3.05) is 13.1 Å². The zero-order valence-electron chi connectivity index (χ0n) is 20.0. The number of aliphatic hydroxyl groups is 2. The van der Waals surface area contributed by atoms with Crippen molar-refractivity contribution >= 4 is 17.7 Å². The summed E-state index contributed by atoms with van der Waals surface area (Å²) in [6, 6.07) is 11.7. The molecule has 0 spiro atoms. The van der Waals surface area contributed by atoms with Gasteiger partial charge in [-0.2, -0.15) is 0 Å². The largest absolute Gasteiger partial charge is 0.508 e. The third-order valence-electron chi connectivity index (χ3n) is 6.21. The highest BCUT2D eigenvalue weighted by molar-refractivity contribution is 5.97. The number of nitrogens with one attached hydrogen (secondary N) is 2. The van der Waals surface area contributed by atoms with E-state index in [4.69, 9.17) is 0 Å². The first-order chi connectivity index (χ1) is 16.7. The summed E-state index contributed by atoms with van der Waals surface area (Å²) in [6.45, 7) is 3.86. The highest BCUT2D eigenvalue weighted by Gasteiger charge is 2.42. The van der Waals surface area contributed by atoms with Gasteiger partial charge in [0.1, 0.15) is 11.8 Å². The van der Waals surface area contributed by atoms with Gasteiger partial charge in [0, 0.05) is 30.6 Å². The van der Waals surface area contributed by atoms with E-state index in [2.05, 4.69) is 10.6 Å². The fourth-order valence-corrected chi connectivity index (χ4v) is 4.24. The van der Waals surface area contributed by atoms with E-state index in [0.717, 1.165) is 12.0 Å². The Kier molecular flexibility index (Phi) is 8.84. The van der Waals surface area contributed by atoms with E-state index in [9.17, 15) is 29.7 Å². The highest BCUT2D eigenvalue weighted by atomic mass is 16.3. The van der Waals surface area contributed by atoms with Crippen LogP contribution in [0.5, 0.6) is 5.75 Å². The Morgan fingerprint density at radius 3 is 2.51 bits per heavy atom. The van der Waals surface area contributed by atoms with Gasteiger partial charge in [-0.3, -0.25) is 14.4 Å². The molecular weight excluding hydrogens is 450 g/mol. The van der Waals surface area contributed by atoms with Crippen LogP contribution in [0.15, 0.2) is 48.5 Å². The Morgan fingerprint density at radius 1 is 1.11 bits per heavy atom. The molecule has 1 aliphatic rings. The van der Waals surface area contributed by atoms with Gasteiger partial charge in [-0.05, 0) is 37.5 Å². The van der Waals surface area contributed by atoms with E-state index in [1.807, 2.05) is 37.3 Å². The first-order valence-electron chi connectivity index (χ1n) is 11.8. The standard InChI is InChI=1S/C26H33N3O6/c1-3-12-27-25(34)21-14-18(30)15-29(21)26(35)23(32)20(13-17-8-5-4-6-9-17)28-24(33)19-10-7-11-22(31)16(19)2/h4-11,18,20-21,23,30-32H,3,12-15H2,1-2H3,(H,27,34)(H,28,33). The van der Waals surface area contributed by atoms with Crippen LogP contribution in [-0.4, -0.2) is 75.3 Å². The number of nitrogens with zero attached hydrogens (tertiary/aromatic N) is 1. The third-order valence-corrected chi connectivity index (χ3v) is 6.21. The second kappa shape index (κ2) is 11.8. The first-order valence-corrected chi connectivity index (χ1v) is 11.8. The number of aliphatic hydroxyl groups excluding tert-OH is 2. The number of hydrogen-bond acceptors (Lipinski definition) is 6. The van der Waals surface area contributed by atoms with E-state index in [-0.39, 0.29) is 36.6 Å². The number of aromatic hydroxyl groups is 1. The van der Waals surface area contributed by atoms with Crippen LogP contribution in [0.25, 0.3) is 0 Å². The van der Waals surface area contributed by atoms with Crippen LogP contribution >= 0.6 is 0 Å². The SMILES string of the molecule is CCCNC(=O)C1CC(O)CN1C(=O)C(O)C(Cc1ccccc1)NC(=O)c1cccc(O)c1C. The number of carbonyl (C=O) groups excluding carboxylic acids is 3. The van der Waals surface area contributed by atoms with Crippen LogP contribution in [-0.2, 0) is 16.0 Å². The molecule has 5 N–H and O–H groups in total. The summed E-state index contributed by atoms with van der Waals surface area (Å²) in [7, 11) is 0. The van der Waals surface area contributed by atoms with Gasteiger partial charge >= 0.3 is 0 Å². The summed E-state index contributed by atoms with van der Waals surface area (Å²) < 4.78 is 0. The van der Waals surface area contributed by atoms with Gasteiger partial charge < -0.3 is 30.9 Å². The molecule has 0 bridgehead atoms. The Balaban J connectivity index is 1.84. The number of phenols is 1. The second-order valence-electron chi connectivity index (χ2n) is 8.85. The van der Waals surface area contributed by atoms with Crippen molar-refractivity contribution in [3.63, 3.8) is 0 Å². The van der Waals surface area contributed by atoms with E-state index in [0.29, 0.717) is 12.1 Å². The first kappa shape index (κ1) is 26.2. The number of β-amino-alcohol motifs (C(OH)–C–C–N with tert-alkyl or cyclic N) is 1. The minimum absolute atomic E-state index is 0.0409. The van der Waals surface area contributed by atoms with Gasteiger partial charge in [-0.1, -0.05) is 43.3 Å². The van der Waals surface area contributed by atoms with Crippen LogP contribution in [0, 0.1) is 6.92 Å². The molecule has 1 heterocycles. The Hall–Kier alpha value is -3.43. The fraction of sp³-hybridized carbons (Fsp3) is 0.423. The van der Waals surface area contributed by atoms with E-state index < -0.39 is 36.1 Å². The molecular formula is C26H33N3O6. The van der Waals surface area contributed by atoms with Crippen molar-refractivity contribution in [1.82, 2.24) is 15.5 Å². The molecule has 0 aromatic heterocycles. The molecule has 4 atom stereocenters. The predicted octanol–water partition coefficient (Wildman–Crippen LogP) is 0.891. The third kappa shape index (κ3) is 6.37. The van der Waals surface area contributed by atoms with Gasteiger partial charge in [0.05, 0.1) is 12.1 Å². The molecule has 2 aromatic carbocycles. The van der Waals surface area contributed by atoms with Crippen LogP contribution in [0.3, 0.4) is 0 Å². The van der Waals surface area contributed by atoms with Crippen molar-refractivity contribution < 1.29 is 29.7 Å². The topological polar surface area (TPSA) is 139 Å². The quantitative estimate of drug-likeness (QED) is 0.359. The molecule has 0 radical (unpaired) electrons. The van der Waals surface area contributed by atoms with Gasteiger partial charge in [-0.15, -0.1) is 0 Å². The Labute approximate surface area is 204 Å². The lowest BCUT2D eigenvalue weighted by Gasteiger charge is -2.30. The van der Waals surface area contributed by atoms with Crippen LogP contribution in [0.4, 0.5) is 0 Å². The maximum Gasteiger partial charge on any atom is 0.254 e. The predicted molar refractivity (Wildman–Crippen MR) is 130 cm³/mol.